The van der Waals surface area contributed by atoms with Crippen LogP contribution in [0.1, 0.15) is 23.1 Å². The topological polar surface area (TPSA) is 95.7 Å². The number of carbonyl (C=O) groups excluding carboxylic acids is 1. The second-order valence-electron chi connectivity index (χ2n) is 7.48. The minimum absolute atomic E-state index is 0.0550. The third-order valence-corrected chi connectivity index (χ3v) is 6.03. The van der Waals surface area contributed by atoms with Crippen molar-refractivity contribution >= 4 is 28.9 Å². The van der Waals surface area contributed by atoms with Gasteiger partial charge in [-0.3, -0.25) is 9.79 Å². The second-order valence-corrected chi connectivity index (χ2v) is 8.51. The Labute approximate surface area is 197 Å². The number of hydrogen-bond acceptors (Lipinski definition) is 7. The van der Waals surface area contributed by atoms with Crippen molar-refractivity contribution in [1.29, 1.82) is 5.26 Å². The third-order valence-electron chi connectivity index (χ3n) is 5.10. The maximum Gasteiger partial charge on any atom is 0.420 e. The van der Waals surface area contributed by atoms with E-state index >= 15 is 0 Å². The monoisotopic (exact) mass is 488 g/mol. The highest BCUT2D eigenvalue weighted by Crippen LogP contribution is 2.41. The quantitative estimate of drug-likeness (QED) is 0.610. The normalized spacial score (nSPS) is 20.4. The van der Waals surface area contributed by atoms with Crippen LogP contribution in [-0.4, -0.2) is 37.3 Å². The molecule has 2 saturated heterocycles. The summed E-state index contributed by atoms with van der Waals surface area (Å²) in [6, 6.07) is 9.51. The molecule has 1 unspecified atom stereocenters. The molecule has 1 amide bonds. The van der Waals surface area contributed by atoms with Crippen LogP contribution >= 0.6 is 11.8 Å². The molecule has 34 heavy (non-hydrogen) atoms. The fourth-order valence-corrected chi connectivity index (χ4v) is 4.33. The molecule has 2 fully saturated rings. The molecule has 0 aromatic heterocycles. The van der Waals surface area contributed by atoms with Gasteiger partial charge in [-0.25, -0.2) is 0 Å². The molecule has 7 nitrogen and oxygen atoms in total. The number of alkyl halides is 3. The first-order valence-corrected chi connectivity index (χ1v) is 11.0. The fourth-order valence-electron chi connectivity index (χ4n) is 3.44. The van der Waals surface area contributed by atoms with Crippen molar-refractivity contribution in [3.05, 3.63) is 58.0 Å². The second kappa shape index (κ2) is 9.79. The lowest BCUT2D eigenvalue weighted by atomic mass is 10.1. The minimum Gasteiger partial charge on any atom is -0.493 e. The number of carbonyl (C=O) groups is 1. The molecule has 2 aromatic carbocycles. The zero-order valence-corrected chi connectivity index (χ0v) is 18.7. The molecule has 0 spiro atoms. The summed E-state index contributed by atoms with van der Waals surface area (Å²) in [7, 11) is 1.36. The Morgan fingerprint density at radius 3 is 2.68 bits per heavy atom. The molecule has 2 aromatic rings. The standard InChI is InChI=1S/C23H19F3N4O3S/c1-32-19-9-13(10-20-21(31)30-22(34-20)29-15-6-7-28-12-15)2-5-18(19)33-17-4-3-14(11-27)8-16(17)23(24,25)26/h2-5,8-10,15,28H,6-7,12H2,1H3,(H,29,30,31)/b20-10-. The van der Waals surface area contributed by atoms with E-state index in [0.717, 1.165) is 31.6 Å². The van der Waals surface area contributed by atoms with Crippen molar-refractivity contribution in [2.24, 2.45) is 4.99 Å². The Morgan fingerprint density at radius 2 is 2.00 bits per heavy atom. The summed E-state index contributed by atoms with van der Waals surface area (Å²) in [6.45, 7) is 1.66. The summed E-state index contributed by atoms with van der Waals surface area (Å²) < 4.78 is 51.2. The highest BCUT2D eigenvalue weighted by atomic mass is 32.2. The largest absolute Gasteiger partial charge is 0.493 e. The highest BCUT2D eigenvalue weighted by molar-refractivity contribution is 8.18. The van der Waals surface area contributed by atoms with Gasteiger partial charge in [-0.1, -0.05) is 6.07 Å². The van der Waals surface area contributed by atoms with E-state index in [0.29, 0.717) is 15.6 Å². The Morgan fingerprint density at radius 1 is 1.21 bits per heavy atom. The van der Waals surface area contributed by atoms with E-state index in [4.69, 9.17) is 14.7 Å². The van der Waals surface area contributed by atoms with Gasteiger partial charge in [-0.2, -0.15) is 18.4 Å². The third kappa shape index (κ3) is 5.35. The van der Waals surface area contributed by atoms with Crippen LogP contribution < -0.4 is 20.1 Å². The van der Waals surface area contributed by atoms with Crippen molar-refractivity contribution in [2.45, 2.75) is 18.6 Å². The highest BCUT2D eigenvalue weighted by Gasteiger charge is 2.35. The summed E-state index contributed by atoms with van der Waals surface area (Å²) in [6.07, 6.45) is -2.15. The van der Waals surface area contributed by atoms with E-state index in [1.165, 1.54) is 31.0 Å². The molecule has 2 heterocycles. The average molecular weight is 488 g/mol. The van der Waals surface area contributed by atoms with Gasteiger partial charge in [0.05, 0.1) is 35.3 Å². The van der Waals surface area contributed by atoms with Crippen molar-refractivity contribution in [2.75, 3.05) is 20.2 Å². The van der Waals surface area contributed by atoms with Crippen LogP contribution in [0.25, 0.3) is 6.08 Å². The van der Waals surface area contributed by atoms with Crippen LogP contribution in [-0.2, 0) is 11.0 Å². The van der Waals surface area contributed by atoms with Gasteiger partial charge < -0.3 is 20.1 Å². The molecule has 176 valence electrons. The van der Waals surface area contributed by atoms with E-state index in [2.05, 4.69) is 15.6 Å². The zero-order chi connectivity index (χ0) is 24.3. The molecule has 2 N–H and O–H groups in total. The number of nitrogens with zero attached hydrogens (tertiary/aromatic N) is 2. The number of benzene rings is 2. The number of hydrogen-bond donors (Lipinski definition) is 2. The molecule has 0 aliphatic carbocycles. The predicted molar refractivity (Wildman–Crippen MR) is 122 cm³/mol. The Hall–Kier alpha value is -3.49. The van der Waals surface area contributed by atoms with Crippen LogP contribution in [0.5, 0.6) is 17.2 Å². The maximum atomic E-state index is 13.5. The van der Waals surface area contributed by atoms with Crippen LogP contribution in [0, 0.1) is 11.3 Å². The lowest BCUT2D eigenvalue weighted by Gasteiger charge is -2.16. The van der Waals surface area contributed by atoms with Crippen LogP contribution in [0.4, 0.5) is 13.2 Å². The fraction of sp³-hybridized carbons (Fsp3) is 0.261. The molecule has 1 atom stereocenters. The van der Waals surface area contributed by atoms with Crippen molar-refractivity contribution in [3.8, 4) is 23.3 Å². The van der Waals surface area contributed by atoms with Gasteiger partial charge in [-0.15, -0.1) is 0 Å². The molecule has 11 heteroatoms. The first-order chi connectivity index (χ1) is 16.3. The summed E-state index contributed by atoms with van der Waals surface area (Å²) in [4.78, 5) is 17.3. The van der Waals surface area contributed by atoms with E-state index in [-0.39, 0.29) is 29.0 Å². The van der Waals surface area contributed by atoms with Gasteiger partial charge in [0.15, 0.2) is 16.7 Å². The van der Waals surface area contributed by atoms with Crippen LogP contribution in [0.15, 0.2) is 46.3 Å². The molecule has 2 aliphatic rings. The van der Waals surface area contributed by atoms with E-state index in [1.807, 2.05) is 0 Å². The summed E-state index contributed by atoms with van der Waals surface area (Å²) in [5.74, 6) is -0.495. The first kappa shape index (κ1) is 23.7. The van der Waals surface area contributed by atoms with Crippen molar-refractivity contribution in [1.82, 2.24) is 10.6 Å². The number of ether oxygens (including phenoxy) is 2. The van der Waals surface area contributed by atoms with E-state index in [9.17, 15) is 18.0 Å². The Kier molecular flexibility index (Phi) is 6.81. The number of thioether (sulfide) groups is 1. The molecule has 0 saturated carbocycles. The average Bonchev–Trinajstić information content (AvgIpc) is 3.44. The van der Waals surface area contributed by atoms with Gasteiger partial charge in [-0.05, 0) is 66.7 Å². The summed E-state index contributed by atoms with van der Waals surface area (Å²) in [5, 5.41) is 15.4. The molecular weight excluding hydrogens is 469 g/mol. The van der Waals surface area contributed by atoms with Crippen molar-refractivity contribution in [3.63, 3.8) is 0 Å². The number of nitrogens with one attached hydrogen (secondary N) is 2. The number of amidine groups is 1. The molecule has 0 radical (unpaired) electrons. The van der Waals surface area contributed by atoms with Gasteiger partial charge >= 0.3 is 6.18 Å². The molecular formula is C23H19F3N4O3S. The Balaban J connectivity index is 1.57. The summed E-state index contributed by atoms with van der Waals surface area (Å²) >= 11 is 1.23. The zero-order valence-electron chi connectivity index (χ0n) is 17.9. The minimum atomic E-state index is -4.71. The molecule has 4 rings (SSSR count). The van der Waals surface area contributed by atoms with Gasteiger partial charge in [0.1, 0.15) is 5.75 Å². The van der Waals surface area contributed by atoms with Crippen LogP contribution in [0.3, 0.4) is 0 Å². The Bertz CT molecular complexity index is 1210. The van der Waals surface area contributed by atoms with Crippen LogP contribution in [0.2, 0.25) is 0 Å². The van der Waals surface area contributed by atoms with Gasteiger partial charge in [0, 0.05) is 6.54 Å². The number of methoxy groups -OCH3 is 1. The van der Waals surface area contributed by atoms with E-state index in [1.54, 1.807) is 24.3 Å². The van der Waals surface area contributed by atoms with E-state index < -0.39 is 17.5 Å². The molecule has 0 bridgehead atoms. The van der Waals surface area contributed by atoms with Gasteiger partial charge in [0.2, 0.25) is 0 Å². The number of rotatable bonds is 5. The molecule has 2 aliphatic heterocycles. The summed E-state index contributed by atoms with van der Waals surface area (Å²) in [5.41, 5.74) is -0.599. The lowest BCUT2D eigenvalue weighted by Crippen LogP contribution is -2.22. The number of aliphatic imine (C=N–C) groups is 1. The SMILES string of the molecule is COc1cc(/C=C2\SC(=NC3CCNC3)NC2=O)ccc1Oc1ccc(C#N)cc1C(F)(F)F. The number of nitriles is 1. The smallest absolute Gasteiger partial charge is 0.420 e. The van der Waals surface area contributed by atoms with Crippen molar-refractivity contribution < 1.29 is 27.4 Å². The predicted octanol–water partition coefficient (Wildman–Crippen LogP) is 4.30. The first-order valence-electron chi connectivity index (χ1n) is 10.2. The lowest BCUT2D eigenvalue weighted by molar-refractivity contribution is -0.138. The number of halogens is 3. The maximum absolute atomic E-state index is 13.5. The number of amides is 1. The van der Waals surface area contributed by atoms with Gasteiger partial charge in [0.25, 0.3) is 5.91 Å².